The van der Waals surface area contributed by atoms with Crippen LogP contribution in [0, 0.1) is 0 Å². The van der Waals surface area contributed by atoms with Gasteiger partial charge in [0.25, 0.3) is 0 Å². The van der Waals surface area contributed by atoms with Crippen LogP contribution in [-0.4, -0.2) is 41.8 Å². The first kappa shape index (κ1) is 13.7. The number of amides is 1. The molecule has 1 amide bonds. The fraction of sp³-hybridized carbons (Fsp3) is 0.929. The lowest BCUT2D eigenvalue weighted by atomic mass is 9.82. The van der Waals surface area contributed by atoms with Gasteiger partial charge in [0.1, 0.15) is 5.60 Å². The van der Waals surface area contributed by atoms with Crippen molar-refractivity contribution in [3.05, 3.63) is 0 Å². The van der Waals surface area contributed by atoms with E-state index in [2.05, 4.69) is 5.32 Å². The van der Waals surface area contributed by atoms with Crippen molar-refractivity contribution in [1.82, 2.24) is 10.2 Å². The molecule has 0 aromatic heterocycles. The fourth-order valence-corrected chi connectivity index (χ4v) is 3.23. The molecule has 2 saturated heterocycles. The molecule has 1 N–H and O–H groups in total. The Labute approximate surface area is 110 Å². The number of carbonyl (C=O) groups excluding carboxylic acids is 1. The van der Waals surface area contributed by atoms with Crippen LogP contribution >= 0.6 is 0 Å². The lowest BCUT2D eigenvalue weighted by molar-refractivity contribution is -0.0229. The Bertz CT molecular complexity index is 297. The maximum atomic E-state index is 12.3. The van der Waals surface area contributed by atoms with Crippen LogP contribution in [0.15, 0.2) is 0 Å². The predicted molar refractivity (Wildman–Crippen MR) is 71.6 cm³/mol. The number of nitrogens with zero attached hydrogens (tertiary/aromatic N) is 1. The van der Waals surface area contributed by atoms with Gasteiger partial charge in [-0.1, -0.05) is 0 Å². The second-order valence-corrected chi connectivity index (χ2v) is 6.58. The Morgan fingerprint density at radius 2 is 1.78 bits per heavy atom. The van der Waals surface area contributed by atoms with E-state index in [1.807, 2.05) is 32.7 Å². The summed E-state index contributed by atoms with van der Waals surface area (Å²) >= 11 is 0. The quantitative estimate of drug-likeness (QED) is 0.782. The van der Waals surface area contributed by atoms with E-state index in [-0.39, 0.29) is 6.09 Å². The number of ether oxygens (including phenoxy) is 1. The minimum atomic E-state index is -0.398. The summed E-state index contributed by atoms with van der Waals surface area (Å²) in [5.74, 6) is 0. The molecule has 2 rings (SSSR count). The molecule has 3 atom stereocenters. The van der Waals surface area contributed by atoms with Crippen LogP contribution in [0.4, 0.5) is 4.79 Å². The molecule has 4 nitrogen and oxygen atoms in total. The molecule has 1 unspecified atom stereocenters. The van der Waals surface area contributed by atoms with Crippen LogP contribution in [0.2, 0.25) is 0 Å². The van der Waals surface area contributed by atoms with Gasteiger partial charge in [0.2, 0.25) is 0 Å². The third kappa shape index (κ3) is 2.97. The number of piperidine rings is 2. The van der Waals surface area contributed by atoms with Gasteiger partial charge in [-0.25, -0.2) is 4.79 Å². The lowest BCUT2D eigenvalue weighted by Gasteiger charge is -2.48. The van der Waals surface area contributed by atoms with Crippen molar-refractivity contribution in [2.45, 2.75) is 76.6 Å². The van der Waals surface area contributed by atoms with Gasteiger partial charge in [-0.05, 0) is 59.9 Å². The van der Waals surface area contributed by atoms with E-state index < -0.39 is 5.60 Å². The highest BCUT2D eigenvalue weighted by atomic mass is 16.6. The number of carbonyl (C=O) groups is 1. The zero-order chi connectivity index (χ0) is 13.3. The highest BCUT2D eigenvalue weighted by Gasteiger charge is 2.42. The van der Waals surface area contributed by atoms with Gasteiger partial charge in [0.15, 0.2) is 0 Å². The van der Waals surface area contributed by atoms with Gasteiger partial charge >= 0.3 is 6.09 Å². The van der Waals surface area contributed by atoms with Crippen molar-refractivity contribution in [3.63, 3.8) is 0 Å². The molecule has 0 radical (unpaired) electrons. The molecule has 0 aromatic carbocycles. The number of rotatable bonds is 1. The highest BCUT2D eigenvalue weighted by Crippen LogP contribution is 2.35. The summed E-state index contributed by atoms with van der Waals surface area (Å²) in [5, 5.41) is 3.36. The molecule has 4 heteroatoms. The number of fused-ring (bicyclic) bond motifs is 2. The average molecular weight is 254 g/mol. The van der Waals surface area contributed by atoms with Gasteiger partial charge in [-0.15, -0.1) is 0 Å². The molecule has 2 bridgehead atoms. The van der Waals surface area contributed by atoms with Gasteiger partial charge in [0, 0.05) is 18.1 Å². The van der Waals surface area contributed by atoms with E-state index in [1.54, 1.807) is 0 Å². The second-order valence-electron chi connectivity index (χ2n) is 6.58. The Balaban J connectivity index is 2.06. The van der Waals surface area contributed by atoms with Crippen LogP contribution in [-0.2, 0) is 4.74 Å². The molecule has 104 valence electrons. The predicted octanol–water partition coefficient (Wildman–Crippen LogP) is 2.53. The first-order valence-electron chi connectivity index (χ1n) is 7.09. The topological polar surface area (TPSA) is 41.6 Å². The van der Waals surface area contributed by atoms with Crippen molar-refractivity contribution in [2.24, 2.45) is 0 Å². The normalized spacial score (nSPS) is 32.2. The molecule has 2 aliphatic rings. The summed E-state index contributed by atoms with van der Waals surface area (Å²) in [7, 11) is 2.02. The number of nitrogens with one attached hydrogen (secondary N) is 1. The van der Waals surface area contributed by atoms with E-state index in [0.29, 0.717) is 18.1 Å². The van der Waals surface area contributed by atoms with Crippen LogP contribution < -0.4 is 5.32 Å². The Kier molecular flexibility index (Phi) is 3.85. The molecule has 2 fully saturated rings. The van der Waals surface area contributed by atoms with Crippen LogP contribution in [0.1, 0.15) is 52.9 Å². The summed E-state index contributed by atoms with van der Waals surface area (Å²) in [5.41, 5.74) is -0.398. The number of hydrogen-bond donors (Lipinski definition) is 1. The smallest absolute Gasteiger partial charge is 0.410 e. The highest BCUT2D eigenvalue weighted by molar-refractivity contribution is 5.69. The zero-order valence-corrected chi connectivity index (χ0v) is 12.0. The summed E-state index contributed by atoms with van der Waals surface area (Å²) < 4.78 is 5.55. The first-order chi connectivity index (χ1) is 8.40. The number of hydrogen-bond acceptors (Lipinski definition) is 3. The molecule has 0 aromatic rings. The molecular formula is C14H26N2O2. The van der Waals surface area contributed by atoms with Crippen LogP contribution in [0.3, 0.4) is 0 Å². The first-order valence-corrected chi connectivity index (χ1v) is 7.09. The summed E-state index contributed by atoms with van der Waals surface area (Å²) in [6, 6.07) is 1.29. The van der Waals surface area contributed by atoms with Crippen molar-refractivity contribution in [3.8, 4) is 0 Å². The minimum absolute atomic E-state index is 0.119. The van der Waals surface area contributed by atoms with Crippen molar-refractivity contribution < 1.29 is 9.53 Å². The lowest BCUT2D eigenvalue weighted by Crippen LogP contribution is -2.58. The molecular weight excluding hydrogens is 228 g/mol. The second kappa shape index (κ2) is 5.08. The summed E-state index contributed by atoms with van der Waals surface area (Å²) in [4.78, 5) is 14.3. The fourth-order valence-electron chi connectivity index (χ4n) is 3.23. The third-order valence-electron chi connectivity index (χ3n) is 3.99. The Morgan fingerprint density at radius 1 is 1.22 bits per heavy atom. The van der Waals surface area contributed by atoms with Gasteiger partial charge in [-0.3, -0.25) is 0 Å². The van der Waals surface area contributed by atoms with Crippen LogP contribution in [0.25, 0.3) is 0 Å². The van der Waals surface area contributed by atoms with Crippen molar-refractivity contribution in [1.29, 1.82) is 0 Å². The van der Waals surface area contributed by atoms with Crippen molar-refractivity contribution in [2.75, 3.05) is 7.05 Å². The summed E-state index contributed by atoms with van der Waals surface area (Å²) in [6.07, 6.45) is 5.48. The monoisotopic (exact) mass is 254 g/mol. The molecule has 0 saturated carbocycles. The van der Waals surface area contributed by atoms with Gasteiger partial charge < -0.3 is 15.0 Å². The van der Waals surface area contributed by atoms with E-state index in [4.69, 9.17) is 4.74 Å². The zero-order valence-electron chi connectivity index (χ0n) is 12.0. The van der Waals surface area contributed by atoms with E-state index in [1.165, 1.54) is 6.42 Å². The van der Waals surface area contributed by atoms with E-state index >= 15 is 0 Å². The summed E-state index contributed by atoms with van der Waals surface area (Å²) in [6.45, 7) is 5.79. The third-order valence-corrected chi connectivity index (χ3v) is 3.99. The molecule has 2 aliphatic heterocycles. The van der Waals surface area contributed by atoms with E-state index in [9.17, 15) is 4.79 Å². The minimum Gasteiger partial charge on any atom is -0.444 e. The molecule has 0 aliphatic carbocycles. The molecule has 2 heterocycles. The Morgan fingerprint density at radius 3 is 2.22 bits per heavy atom. The maximum Gasteiger partial charge on any atom is 0.410 e. The Hall–Kier alpha value is -0.770. The van der Waals surface area contributed by atoms with Crippen LogP contribution in [0.5, 0.6) is 0 Å². The van der Waals surface area contributed by atoms with Crippen molar-refractivity contribution >= 4 is 6.09 Å². The largest absolute Gasteiger partial charge is 0.444 e. The molecule has 0 spiro atoms. The molecule has 18 heavy (non-hydrogen) atoms. The SMILES string of the molecule is CNC1C[C@H]2CCC[C@@H](C1)N2C(=O)OC(C)(C)C. The van der Waals surface area contributed by atoms with Gasteiger partial charge in [-0.2, -0.15) is 0 Å². The van der Waals surface area contributed by atoms with Gasteiger partial charge in [0.05, 0.1) is 0 Å². The maximum absolute atomic E-state index is 12.3. The standard InChI is InChI=1S/C14H26N2O2/c1-14(2,3)18-13(17)16-11-6-5-7-12(16)9-10(8-11)15-4/h10-12,15H,5-9H2,1-4H3/t10?,11-,12+. The van der Waals surface area contributed by atoms with E-state index in [0.717, 1.165) is 25.7 Å². The average Bonchev–Trinajstić information content (AvgIpc) is 2.24.